The van der Waals surface area contributed by atoms with Gasteiger partial charge in [-0.1, -0.05) is 19.3 Å². The molecule has 0 aliphatic heterocycles. The molecule has 0 bridgehead atoms. The summed E-state index contributed by atoms with van der Waals surface area (Å²) in [5.74, 6) is -0.332. The molecule has 98 valence electrons. The standard InChI is InChI=1S/C12H17N3O3/c16-10-6-9(12(17)18)11(15-14-10)13-7-8-4-2-1-3-5-8/h6,8H,1-5,7H2,(H,13,15)(H,14,16)(H,17,18). The topological polar surface area (TPSA) is 95.1 Å². The van der Waals surface area contributed by atoms with E-state index in [0.717, 1.165) is 6.07 Å². The van der Waals surface area contributed by atoms with Crippen LogP contribution in [0.4, 0.5) is 5.82 Å². The summed E-state index contributed by atoms with van der Waals surface area (Å²) >= 11 is 0. The molecule has 1 aromatic heterocycles. The molecule has 1 heterocycles. The lowest BCUT2D eigenvalue weighted by molar-refractivity contribution is 0.0697. The van der Waals surface area contributed by atoms with E-state index < -0.39 is 11.5 Å². The van der Waals surface area contributed by atoms with E-state index in [1.807, 2.05) is 0 Å². The first kappa shape index (κ1) is 12.6. The van der Waals surface area contributed by atoms with Crippen molar-refractivity contribution in [2.75, 3.05) is 11.9 Å². The van der Waals surface area contributed by atoms with Gasteiger partial charge in [0.05, 0.1) is 0 Å². The van der Waals surface area contributed by atoms with E-state index in [9.17, 15) is 9.59 Å². The normalized spacial score (nSPS) is 16.4. The highest BCUT2D eigenvalue weighted by Crippen LogP contribution is 2.24. The number of aromatic nitrogens is 2. The first-order valence-electron chi connectivity index (χ1n) is 6.23. The summed E-state index contributed by atoms with van der Waals surface area (Å²) in [4.78, 5) is 22.0. The van der Waals surface area contributed by atoms with Gasteiger partial charge >= 0.3 is 5.97 Å². The molecule has 6 nitrogen and oxygen atoms in total. The zero-order valence-electron chi connectivity index (χ0n) is 10.1. The van der Waals surface area contributed by atoms with E-state index in [1.165, 1.54) is 32.1 Å². The maximum Gasteiger partial charge on any atom is 0.339 e. The molecule has 3 N–H and O–H groups in total. The van der Waals surface area contributed by atoms with Crippen molar-refractivity contribution in [1.82, 2.24) is 10.2 Å². The fourth-order valence-electron chi connectivity index (χ4n) is 2.33. The molecule has 0 saturated heterocycles. The van der Waals surface area contributed by atoms with Gasteiger partial charge in [-0.15, -0.1) is 0 Å². The van der Waals surface area contributed by atoms with Crippen molar-refractivity contribution in [3.63, 3.8) is 0 Å². The van der Waals surface area contributed by atoms with Crippen LogP contribution in [-0.2, 0) is 0 Å². The third-order valence-electron chi connectivity index (χ3n) is 3.32. The highest BCUT2D eigenvalue weighted by Gasteiger charge is 2.16. The summed E-state index contributed by atoms with van der Waals surface area (Å²) in [5.41, 5.74) is -0.579. The van der Waals surface area contributed by atoms with Gasteiger partial charge in [0, 0.05) is 12.6 Å². The summed E-state index contributed by atoms with van der Waals surface area (Å²) in [6.45, 7) is 0.708. The van der Waals surface area contributed by atoms with Crippen LogP contribution in [0.3, 0.4) is 0 Å². The van der Waals surface area contributed by atoms with Crippen LogP contribution in [-0.4, -0.2) is 27.8 Å². The van der Waals surface area contributed by atoms with Gasteiger partial charge in [-0.2, -0.15) is 5.10 Å². The van der Waals surface area contributed by atoms with Crippen molar-refractivity contribution in [3.8, 4) is 0 Å². The number of nitrogens with one attached hydrogen (secondary N) is 2. The van der Waals surface area contributed by atoms with Crippen LogP contribution >= 0.6 is 0 Å². The molecule has 6 heteroatoms. The van der Waals surface area contributed by atoms with Crippen molar-refractivity contribution >= 4 is 11.8 Å². The molecule has 2 rings (SSSR count). The number of carbonyl (C=O) groups is 1. The predicted octanol–water partition coefficient (Wildman–Crippen LogP) is 1.46. The summed E-state index contributed by atoms with van der Waals surface area (Å²) in [5, 5.41) is 18.0. The Balaban J connectivity index is 2.04. The van der Waals surface area contributed by atoms with Gasteiger partial charge in [0.25, 0.3) is 5.56 Å². The Hall–Kier alpha value is -1.85. The minimum atomic E-state index is -1.14. The van der Waals surface area contributed by atoms with Crippen LogP contribution in [0, 0.1) is 5.92 Å². The Morgan fingerprint density at radius 1 is 1.44 bits per heavy atom. The van der Waals surface area contributed by atoms with Gasteiger partial charge in [-0.05, 0) is 18.8 Å². The van der Waals surface area contributed by atoms with E-state index in [0.29, 0.717) is 12.5 Å². The second-order valence-electron chi connectivity index (χ2n) is 4.68. The van der Waals surface area contributed by atoms with Crippen LogP contribution in [0.15, 0.2) is 10.9 Å². The average Bonchev–Trinajstić information content (AvgIpc) is 2.38. The number of carboxylic acid groups (broad SMARTS) is 1. The highest BCUT2D eigenvalue weighted by molar-refractivity contribution is 5.92. The van der Waals surface area contributed by atoms with E-state index in [-0.39, 0.29) is 11.4 Å². The second kappa shape index (κ2) is 5.66. The SMILES string of the molecule is O=C(O)c1cc(=O)[nH]nc1NCC1CCCCC1. The predicted molar refractivity (Wildman–Crippen MR) is 66.9 cm³/mol. The number of aromatic amines is 1. The van der Waals surface area contributed by atoms with Gasteiger partial charge in [0.1, 0.15) is 5.56 Å². The molecule has 0 atom stereocenters. The summed E-state index contributed by atoms with van der Waals surface area (Å²) < 4.78 is 0. The smallest absolute Gasteiger partial charge is 0.339 e. The van der Waals surface area contributed by atoms with E-state index in [4.69, 9.17) is 5.11 Å². The molecule has 18 heavy (non-hydrogen) atoms. The van der Waals surface area contributed by atoms with Crippen LogP contribution in [0.25, 0.3) is 0 Å². The molecule has 1 fully saturated rings. The fourth-order valence-corrected chi connectivity index (χ4v) is 2.33. The first-order chi connectivity index (χ1) is 8.66. The molecule has 1 saturated carbocycles. The Bertz CT molecular complexity index is 478. The first-order valence-corrected chi connectivity index (χ1v) is 6.23. The molecular weight excluding hydrogens is 234 g/mol. The number of aromatic carboxylic acids is 1. The molecule has 1 aliphatic carbocycles. The third kappa shape index (κ3) is 3.09. The zero-order valence-corrected chi connectivity index (χ0v) is 10.1. The van der Waals surface area contributed by atoms with Crippen LogP contribution in [0.1, 0.15) is 42.5 Å². The monoisotopic (exact) mass is 251 g/mol. The van der Waals surface area contributed by atoms with E-state index >= 15 is 0 Å². The molecule has 0 unspecified atom stereocenters. The Morgan fingerprint density at radius 3 is 2.83 bits per heavy atom. The number of nitrogens with zero attached hydrogens (tertiary/aromatic N) is 1. The van der Waals surface area contributed by atoms with Crippen molar-refractivity contribution in [1.29, 1.82) is 0 Å². The molecule has 1 aromatic rings. The zero-order chi connectivity index (χ0) is 13.0. The second-order valence-corrected chi connectivity index (χ2v) is 4.68. The fraction of sp³-hybridized carbons (Fsp3) is 0.583. The van der Waals surface area contributed by atoms with E-state index in [1.54, 1.807) is 0 Å². The van der Waals surface area contributed by atoms with Crippen molar-refractivity contribution in [2.24, 2.45) is 5.92 Å². The maximum absolute atomic E-state index is 11.0. The Morgan fingerprint density at radius 2 is 2.17 bits per heavy atom. The summed E-state index contributed by atoms with van der Waals surface area (Å²) in [7, 11) is 0. The van der Waals surface area contributed by atoms with Crippen molar-refractivity contribution in [3.05, 3.63) is 22.0 Å². The number of rotatable bonds is 4. The van der Waals surface area contributed by atoms with Gasteiger partial charge in [0.15, 0.2) is 5.82 Å². The summed E-state index contributed by atoms with van der Waals surface area (Å²) in [6, 6.07) is 1.05. The highest BCUT2D eigenvalue weighted by atomic mass is 16.4. The lowest BCUT2D eigenvalue weighted by atomic mass is 9.89. The Labute approximate surface area is 104 Å². The number of anilines is 1. The molecule has 1 aliphatic rings. The van der Waals surface area contributed by atoms with Crippen molar-refractivity contribution in [2.45, 2.75) is 32.1 Å². The minimum Gasteiger partial charge on any atom is -0.478 e. The number of carboxylic acids is 1. The van der Waals surface area contributed by atoms with Crippen LogP contribution in [0.2, 0.25) is 0 Å². The molecule has 0 aromatic carbocycles. The number of hydrogen-bond acceptors (Lipinski definition) is 4. The number of H-pyrrole nitrogens is 1. The van der Waals surface area contributed by atoms with E-state index in [2.05, 4.69) is 15.5 Å². The molecule has 0 radical (unpaired) electrons. The molecule has 0 spiro atoms. The largest absolute Gasteiger partial charge is 0.478 e. The minimum absolute atomic E-state index is 0.0745. The number of hydrogen-bond donors (Lipinski definition) is 3. The quantitative estimate of drug-likeness (QED) is 0.753. The van der Waals surface area contributed by atoms with Crippen LogP contribution < -0.4 is 10.9 Å². The molecular formula is C12H17N3O3. The third-order valence-corrected chi connectivity index (χ3v) is 3.32. The summed E-state index contributed by atoms with van der Waals surface area (Å²) in [6.07, 6.45) is 6.08. The van der Waals surface area contributed by atoms with Gasteiger partial charge < -0.3 is 10.4 Å². The Kier molecular flexibility index (Phi) is 3.96. The van der Waals surface area contributed by atoms with Crippen molar-refractivity contribution < 1.29 is 9.90 Å². The lowest BCUT2D eigenvalue weighted by Crippen LogP contribution is -2.21. The van der Waals surface area contributed by atoms with Gasteiger partial charge in [-0.3, -0.25) is 4.79 Å². The van der Waals surface area contributed by atoms with Gasteiger partial charge in [-0.25, -0.2) is 9.89 Å². The average molecular weight is 251 g/mol. The molecule has 0 amide bonds. The lowest BCUT2D eigenvalue weighted by Gasteiger charge is -2.22. The van der Waals surface area contributed by atoms with Gasteiger partial charge in [0.2, 0.25) is 0 Å². The maximum atomic E-state index is 11.0. The van der Waals surface area contributed by atoms with Crippen LogP contribution in [0.5, 0.6) is 0 Å².